The van der Waals surface area contributed by atoms with E-state index in [-0.39, 0.29) is 28.5 Å². The highest BCUT2D eigenvalue weighted by molar-refractivity contribution is 6.06. The summed E-state index contributed by atoms with van der Waals surface area (Å²) in [6, 6.07) is 3.53. The van der Waals surface area contributed by atoms with Crippen LogP contribution in [0.1, 0.15) is 23.7 Å². The molecule has 0 amide bonds. The fourth-order valence-corrected chi connectivity index (χ4v) is 2.82. The molecular weight excluding hydrogens is 378 g/mol. The summed E-state index contributed by atoms with van der Waals surface area (Å²) in [4.78, 5) is 7.92. The standard InChI is InChI=1S/C17H12F6N2O2/c1-2-8-6-12(16(18,19)20)10-7-11(15(26,27)17(21,22)23)9-4-3-5-24-13(9)14(10)25-8/h3-7,26-27H,2H2,1H3. The van der Waals surface area contributed by atoms with Gasteiger partial charge in [0, 0.05) is 28.2 Å². The first-order valence-electron chi connectivity index (χ1n) is 7.68. The SMILES string of the molecule is CCc1cc(C(F)(F)F)c2cc(C(O)(O)C(F)(F)F)c3cccnc3c2n1. The summed E-state index contributed by atoms with van der Waals surface area (Å²) < 4.78 is 79.9. The lowest BCUT2D eigenvalue weighted by atomic mass is 9.94. The molecule has 0 bridgehead atoms. The molecule has 4 nitrogen and oxygen atoms in total. The van der Waals surface area contributed by atoms with E-state index in [4.69, 9.17) is 0 Å². The lowest BCUT2D eigenvalue weighted by Gasteiger charge is -2.27. The number of hydrogen-bond acceptors (Lipinski definition) is 4. The van der Waals surface area contributed by atoms with E-state index in [9.17, 15) is 36.6 Å². The van der Waals surface area contributed by atoms with Crippen molar-refractivity contribution in [1.29, 1.82) is 0 Å². The first-order chi connectivity index (χ1) is 12.4. The average Bonchev–Trinajstić information content (AvgIpc) is 2.58. The largest absolute Gasteiger partial charge is 0.447 e. The number of aryl methyl sites for hydroxylation is 1. The molecule has 3 rings (SSSR count). The van der Waals surface area contributed by atoms with Gasteiger partial charge in [0.2, 0.25) is 0 Å². The summed E-state index contributed by atoms with van der Waals surface area (Å²) in [7, 11) is 0. The minimum atomic E-state index is -5.54. The monoisotopic (exact) mass is 390 g/mol. The van der Waals surface area contributed by atoms with Crippen molar-refractivity contribution >= 4 is 21.8 Å². The summed E-state index contributed by atoms with van der Waals surface area (Å²) in [6.45, 7) is 1.58. The van der Waals surface area contributed by atoms with E-state index in [1.54, 1.807) is 6.92 Å². The Kier molecular flexibility index (Phi) is 4.31. The van der Waals surface area contributed by atoms with E-state index in [0.29, 0.717) is 6.07 Å². The molecule has 0 radical (unpaired) electrons. The highest BCUT2D eigenvalue weighted by atomic mass is 19.4. The van der Waals surface area contributed by atoms with Crippen molar-refractivity contribution < 1.29 is 36.6 Å². The Morgan fingerprint density at radius 1 is 0.926 bits per heavy atom. The molecule has 2 N–H and O–H groups in total. The maximum Gasteiger partial charge on any atom is 0.447 e. The molecule has 0 aliphatic heterocycles. The van der Waals surface area contributed by atoms with Crippen LogP contribution >= 0.6 is 0 Å². The molecule has 10 heteroatoms. The molecule has 0 atom stereocenters. The number of aromatic nitrogens is 2. The summed E-state index contributed by atoms with van der Waals surface area (Å²) in [5, 5.41) is 18.3. The van der Waals surface area contributed by atoms with Crippen LogP contribution in [0.25, 0.3) is 21.8 Å². The van der Waals surface area contributed by atoms with Gasteiger partial charge in [-0.1, -0.05) is 13.0 Å². The van der Waals surface area contributed by atoms with Crippen molar-refractivity contribution in [3.05, 3.63) is 47.3 Å². The first kappa shape index (κ1) is 19.3. The van der Waals surface area contributed by atoms with Gasteiger partial charge in [-0.05, 0) is 24.6 Å². The van der Waals surface area contributed by atoms with Gasteiger partial charge in [0.15, 0.2) is 0 Å². The van der Waals surface area contributed by atoms with Gasteiger partial charge in [-0.3, -0.25) is 9.97 Å². The van der Waals surface area contributed by atoms with Crippen molar-refractivity contribution in [3.63, 3.8) is 0 Å². The third-order valence-corrected chi connectivity index (χ3v) is 4.16. The smallest absolute Gasteiger partial charge is 0.355 e. The second-order valence-corrected chi connectivity index (χ2v) is 5.90. The Balaban J connectivity index is 2.56. The molecule has 2 aromatic heterocycles. The molecule has 1 aromatic carbocycles. The van der Waals surface area contributed by atoms with Crippen LogP contribution in [0, 0.1) is 0 Å². The number of aliphatic hydroxyl groups is 2. The number of rotatable bonds is 2. The molecule has 0 unspecified atom stereocenters. The Bertz CT molecular complexity index is 1030. The number of hydrogen-bond donors (Lipinski definition) is 2. The van der Waals surface area contributed by atoms with Crippen molar-refractivity contribution in [1.82, 2.24) is 9.97 Å². The van der Waals surface area contributed by atoms with Crippen LogP contribution < -0.4 is 0 Å². The topological polar surface area (TPSA) is 66.2 Å². The number of fused-ring (bicyclic) bond motifs is 3. The van der Waals surface area contributed by atoms with E-state index in [0.717, 1.165) is 12.1 Å². The zero-order valence-electron chi connectivity index (χ0n) is 13.7. The van der Waals surface area contributed by atoms with Crippen molar-refractivity contribution in [2.45, 2.75) is 31.5 Å². The zero-order chi connectivity index (χ0) is 20.2. The van der Waals surface area contributed by atoms with E-state index in [2.05, 4.69) is 9.97 Å². The van der Waals surface area contributed by atoms with Crippen LogP contribution in [0.2, 0.25) is 0 Å². The Labute approximate surface area is 148 Å². The minimum absolute atomic E-state index is 0.0737. The zero-order valence-corrected chi connectivity index (χ0v) is 13.7. The molecule has 0 aliphatic rings. The van der Waals surface area contributed by atoms with Gasteiger partial charge in [-0.2, -0.15) is 26.3 Å². The molecule has 0 fully saturated rings. The number of pyridine rings is 2. The van der Waals surface area contributed by atoms with Crippen LogP contribution in [0.15, 0.2) is 30.5 Å². The highest BCUT2D eigenvalue weighted by Crippen LogP contribution is 2.43. The fourth-order valence-electron chi connectivity index (χ4n) is 2.82. The Morgan fingerprint density at radius 3 is 2.15 bits per heavy atom. The quantitative estimate of drug-likeness (QED) is 0.393. The Hall–Kier alpha value is -2.46. The lowest BCUT2D eigenvalue weighted by molar-refractivity contribution is -0.357. The van der Waals surface area contributed by atoms with E-state index < -0.39 is 34.7 Å². The van der Waals surface area contributed by atoms with Crippen molar-refractivity contribution in [3.8, 4) is 0 Å². The van der Waals surface area contributed by atoms with Gasteiger partial charge in [0.25, 0.3) is 5.79 Å². The van der Waals surface area contributed by atoms with E-state index in [1.807, 2.05) is 0 Å². The molecule has 0 spiro atoms. The maximum atomic E-state index is 13.5. The average molecular weight is 390 g/mol. The van der Waals surface area contributed by atoms with Gasteiger partial charge < -0.3 is 10.2 Å². The number of alkyl halides is 6. The highest BCUT2D eigenvalue weighted by Gasteiger charge is 2.55. The van der Waals surface area contributed by atoms with Gasteiger partial charge in [-0.15, -0.1) is 0 Å². The molecular formula is C17H12F6N2O2. The Morgan fingerprint density at radius 2 is 1.59 bits per heavy atom. The number of nitrogens with zero attached hydrogens (tertiary/aromatic N) is 2. The minimum Gasteiger partial charge on any atom is -0.355 e. The normalized spacial score (nSPS) is 13.5. The van der Waals surface area contributed by atoms with Crippen LogP contribution in [-0.2, 0) is 18.4 Å². The van der Waals surface area contributed by atoms with Gasteiger partial charge in [-0.25, -0.2) is 0 Å². The van der Waals surface area contributed by atoms with Crippen molar-refractivity contribution in [2.24, 2.45) is 0 Å². The van der Waals surface area contributed by atoms with Crippen LogP contribution in [0.5, 0.6) is 0 Å². The third-order valence-electron chi connectivity index (χ3n) is 4.16. The van der Waals surface area contributed by atoms with Crippen LogP contribution in [-0.4, -0.2) is 26.4 Å². The second-order valence-electron chi connectivity index (χ2n) is 5.90. The maximum absolute atomic E-state index is 13.5. The van der Waals surface area contributed by atoms with Crippen LogP contribution in [0.4, 0.5) is 26.3 Å². The van der Waals surface area contributed by atoms with Crippen molar-refractivity contribution in [2.75, 3.05) is 0 Å². The van der Waals surface area contributed by atoms with E-state index in [1.165, 1.54) is 12.3 Å². The molecule has 0 aliphatic carbocycles. The predicted molar refractivity (Wildman–Crippen MR) is 83.6 cm³/mol. The fraction of sp³-hybridized carbons (Fsp3) is 0.294. The summed E-state index contributed by atoms with van der Waals surface area (Å²) in [5.74, 6) is -4.37. The second kappa shape index (κ2) is 6.03. The summed E-state index contributed by atoms with van der Waals surface area (Å²) >= 11 is 0. The molecule has 2 heterocycles. The molecule has 27 heavy (non-hydrogen) atoms. The summed E-state index contributed by atoms with van der Waals surface area (Å²) in [5.41, 5.74) is -2.86. The predicted octanol–water partition coefficient (Wildman–Crippen LogP) is 4.06. The van der Waals surface area contributed by atoms with Gasteiger partial charge in [0.05, 0.1) is 16.6 Å². The first-order valence-corrected chi connectivity index (χ1v) is 7.68. The molecule has 3 aromatic rings. The van der Waals surface area contributed by atoms with E-state index >= 15 is 0 Å². The lowest BCUT2D eigenvalue weighted by Crippen LogP contribution is -2.42. The van der Waals surface area contributed by atoms with Gasteiger partial charge in [0.1, 0.15) is 0 Å². The molecule has 0 saturated carbocycles. The summed E-state index contributed by atoms with van der Waals surface area (Å²) in [6.07, 6.45) is -9.11. The molecule has 0 saturated heterocycles. The number of benzene rings is 1. The van der Waals surface area contributed by atoms with Crippen LogP contribution in [0.3, 0.4) is 0 Å². The van der Waals surface area contributed by atoms with Gasteiger partial charge >= 0.3 is 12.4 Å². The molecule has 144 valence electrons. The number of halogens is 6. The third kappa shape index (κ3) is 3.08.